The van der Waals surface area contributed by atoms with E-state index in [2.05, 4.69) is 5.32 Å². The molecule has 11 heavy (non-hydrogen) atoms. The smallest absolute Gasteiger partial charge is 0.221 e. The average Bonchev–Trinajstić information content (AvgIpc) is 1.84. The number of carbonyl (C=O) groups is 2. The molecule has 0 bridgehead atoms. The summed E-state index contributed by atoms with van der Waals surface area (Å²) in [7, 11) is 1.39. The molecule has 0 saturated heterocycles. The summed E-state index contributed by atoms with van der Waals surface area (Å²) in [4.78, 5) is 20.8. The molecule has 0 fully saturated rings. The predicted octanol–water partition coefficient (Wildman–Crippen LogP) is -1.03. The van der Waals surface area contributed by atoms with Gasteiger partial charge in [-0.2, -0.15) is 0 Å². The van der Waals surface area contributed by atoms with E-state index >= 15 is 0 Å². The van der Waals surface area contributed by atoms with E-state index in [1.807, 2.05) is 0 Å². The van der Waals surface area contributed by atoms with Crippen LogP contribution in [0.5, 0.6) is 0 Å². The highest BCUT2D eigenvalue weighted by Gasteiger charge is 2.10. The van der Waals surface area contributed by atoms with Gasteiger partial charge in [0.05, 0.1) is 6.42 Å². The molecular weight excluding hydrogens is 148 g/mol. The summed E-state index contributed by atoms with van der Waals surface area (Å²) >= 11 is 0. The monoisotopic (exact) mass is 160 g/mol. The fraction of sp³-hybridized carbons (Fsp3) is 0.667. The molecule has 0 aliphatic carbocycles. The highest BCUT2D eigenvalue weighted by Crippen LogP contribution is 1.90. The van der Waals surface area contributed by atoms with Gasteiger partial charge >= 0.3 is 0 Å². The molecule has 5 heteroatoms. The minimum absolute atomic E-state index is 0.00389. The number of methoxy groups -OCH3 is 1. The Hall–Kier alpha value is -1.10. The van der Waals surface area contributed by atoms with Gasteiger partial charge in [0.25, 0.3) is 0 Å². The number of rotatable bonds is 4. The number of amides is 2. The quantitative estimate of drug-likeness (QED) is 0.516. The van der Waals surface area contributed by atoms with Gasteiger partial charge in [0.2, 0.25) is 11.8 Å². The van der Waals surface area contributed by atoms with Crippen LogP contribution >= 0.6 is 0 Å². The number of nitrogens with one attached hydrogen (secondary N) is 1. The summed E-state index contributed by atoms with van der Waals surface area (Å²) in [5.41, 5.74) is 4.87. The standard InChI is InChI=1S/C6H12N2O3/c1-4(9)8-6(11-2)3-5(7)10/h6H,3H2,1-2H3,(H2,7,10)(H,8,9). The summed E-state index contributed by atoms with van der Waals surface area (Å²) in [6.45, 7) is 1.34. The van der Waals surface area contributed by atoms with Crippen LogP contribution in [0, 0.1) is 0 Å². The Morgan fingerprint density at radius 3 is 2.45 bits per heavy atom. The molecule has 0 aromatic carbocycles. The van der Waals surface area contributed by atoms with Gasteiger partial charge < -0.3 is 15.8 Å². The van der Waals surface area contributed by atoms with E-state index in [4.69, 9.17) is 10.5 Å². The van der Waals surface area contributed by atoms with Crippen LogP contribution in [0.3, 0.4) is 0 Å². The minimum Gasteiger partial charge on any atom is -0.370 e. The molecule has 5 nitrogen and oxygen atoms in total. The van der Waals surface area contributed by atoms with Crippen molar-refractivity contribution < 1.29 is 14.3 Å². The summed E-state index contributed by atoms with van der Waals surface area (Å²) in [6.07, 6.45) is -0.610. The molecule has 0 rings (SSSR count). The summed E-state index contributed by atoms with van der Waals surface area (Å²) < 4.78 is 4.74. The molecule has 64 valence electrons. The van der Waals surface area contributed by atoms with E-state index < -0.39 is 12.1 Å². The molecular formula is C6H12N2O3. The first-order valence-corrected chi connectivity index (χ1v) is 3.14. The van der Waals surface area contributed by atoms with Gasteiger partial charge in [-0.25, -0.2) is 0 Å². The van der Waals surface area contributed by atoms with Crippen molar-refractivity contribution in [3.63, 3.8) is 0 Å². The zero-order valence-corrected chi connectivity index (χ0v) is 6.59. The van der Waals surface area contributed by atoms with Crippen molar-refractivity contribution in [3.05, 3.63) is 0 Å². The molecule has 0 spiro atoms. The molecule has 0 aromatic heterocycles. The van der Waals surface area contributed by atoms with Crippen LogP contribution in [0.1, 0.15) is 13.3 Å². The lowest BCUT2D eigenvalue weighted by atomic mass is 10.3. The van der Waals surface area contributed by atoms with Crippen molar-refractivity contribution >= 4 is 11.8 Å². The molecule has 2 amide bonds. The normalized spacial score (nSPS) is 12.2. The summed E-state index contributed by atoms with van der Waals surface area (Å²) in [5.74, 6) is -0.760. The third kappa shape index (κ3) is 5.35. The van der Waals surface area contributed by atoms with Crippen LogP contribution in [0.4, 0.5) is 0 Å². The van der Waals surface area contributed by atoms with Crippen LogP contribution < -0.4 is 11.1 Å². The molecule has 3 N–H and O–H groups in total. The van der Waals surface area contributed by atoms with Gasteiger partial charge in [0, 0.05) is 14.0 Å². The maximum Gasteiger partial charge on any atom is 0.221 e. The first-order chi connectivity index (χ1) is 5.06. The molecule has 1 unspecified atom stereocenters. The lowest BCUT2D eigenvalue weighted by Crippen LogP contribution is -2.37. The van der Waals surface area contributed by atoms with Gasteiger partial charge in [0.15, 0.2) is 0 Å². The number of ether oxygens (including phenoxy) is 1. The molecule has 0 heterocycles. The van der Waals surface area contributed by atoms with Crippen LogP contribution in [0.15, 0.2) is 0 Å². The van der Waals surface area contributed by atoms with E-state index in [1.165, 1.54) is 14.0 Å². The van der Waals surface area contributed by atoms with E-state index in [0.29, 0.717) is 0 Å². The van der Waals surface area contributed by atoms with Crippen LogP contribution in [0.25, 0.3) is 0 Å². The Morgan fingerprint density at radius 1 is 1.64 bits per heavy atom. The van der Waals surface area contributed by atoms with E-state index in [9.17, 15) is 9.59 Å². The number of primary amides is 1. The highest BCUT2D eigenvalue weighted by molar-refractivity contribution is 5.76. The Bertz CT molecular complexity index is 142. The first kappa shape index (κ1) is 9.90. The van der Waals surface area contributed by atoms with Crippen molar-refractivity contribution in [3.8, 4) is 0 Å². The zero-order chi connectivity index (χ0) is 8.85. The van der Waals surface area contributed by atoms with Gasteiger partial charge in [-0.15, -0.1) is 0 Å². The number of hydrogen-bond donors (Lipinski definition) is 2. The van der Waals surface area contributed by atoms with E-state index in [1.54, 1.807) is 0 Å². The van der Waals surface area contributed by atoms with Crippen molar-refractivity contribution in [2.75, 3.05) is 7.11 Å². The molecule has 1 atom stereocenters. The van der Waals surface area contributed by atoms with Crippen molar-refractivity contribution in [2.24, 2.45) is 5.73 Å². The largest absolute Gasteiger partial charge is 0.370 e. The number of nitrogens with two attached hydrogens (primary N) is 1. The molecule has 0 radical (unpaired) electrons. The van der Waals surface area contributed by atoms with Crippen LogP contribution in [-0.2, 0) is 14.3 Å². The van der Waals surface area contributed by atoms with Crippen LogP contribution in [-0.4, -0.2) is 25.2 Å². The third-order valence-corrected chi connectivity index (χ3v) is 1.04. The Kier molecular flexibility index (Phi) is 4.21. The van der Waals surface area contributed by atoms with E-state index in [0.717, 1.165) is 0 Å². The fourth-order valence-corrected chi connectivity index (χ4v) is 0.603. The topological polar surface area (TPSA) is 81.4 Å². The number of hydrogen-bond acceptors (Lipinski definition) is 3. The van der Waals surface area contributed by atoms with Gasteiger partial charge in [0.1, 0.15) is 6.23 Å². The highest BCUT2D eigenvalue weighted by atomic mass is 16.5. The summed E-state index contributed by atoms with van der Waals surface area (Å²) in [6, 6.07) is 0. The third-order valence-electron chi connectivity index (χ3n) is 1.04. The van der Waals surface area contributed by atoms with Crippen LogP contribution in [0.2, 0.25) is 0 Å². The maximum atomic E-state index is 10.5. The summed E-state index contributed by atoms with van der Waals surface area (Å²) in [5, 5.41) is 2.40. The Balaban J connectivity index is 3.76. The average molecular weight is 160 g/mol. The molecule has 0 saturated carbocycles. The second-order valence-electron chi connectivity index (χ2n) is 2.10. The number of carbonyl (C=O) groups excluding carboxylic acids is 2. The predicted molar refractivity (Wildman–Crippen MR) is 38.4 cm³/mol. The lowest BCUT2D eigenvalue weighted by Gasteiger charge is -2.13. The Labute approximate surface area is 64.9 Å². The SMILES string of the molecule is COC(CC(N)=O)NC(C)=O. The molecule has 0 aliphatic rings. The lowest BCUT2D eigenvalue weighted by molar-refractivity contribution is -0.125. The maximum absolute atomic E-state index is 10.5. The molecule has 0 aliphatic heterocycles. The minimum atomic E-state index is -0.606. The zero-order valence-electron chi connectivity index (χ0n) is 6.59. The fourth-order valence-electron chi connectivity index (χ4n) is 0.603. The second kappa shape index (κ2) is 4.68. The van der Waals surface area contributed by atoms with Crippen molar-refractivity contribution in [1.82, 2.24) is 5.32 Å². The first-order valence-electron chi connectivity index (χ1n) is 3.14. The van der Waals surface area contributed by atoms with Crippen molar-refractivity contribution in [2.45, 2.75) is 19.6 Å². The van der Waals surface area contributed by atoms with Crippen molar-refractivity contribution in [1.29, 1.82) is 0 Å². The Morgan fingerprint density at radius 2 is 2.18 bits per heavy atom. The van der Waals surface area contributed by atoms with Gasteiger partial charge in [-0.05, 0) is 0 Å². The molecule has 0 aromatic rings. The van der Waals surface area contributed by atoms with E-state index in [-0.39, 0.29) is 12.3 Å². The van der Waals surface area contributed by atoms with Gasteiger partial charge in [-0.1, -0.05) is 0 Å². The van der Waals surface area contributed by atoms with Gasteiger partial charge in [-0.3, -0.25) is 9.59 Å². The second-order valence-corrected chi connectivity index (χ2v) is 2.10.